The van der Waals surface area contributed by atoms with E-state index in [1.807, 2.05) is 48.5 Å². The van der Waals surface area contributed by atoms with Crippen LogP contribution in [0.1, 0.15) is 40.1 Å². The highest BCUT2D eigenvalue weighted by Gasteiger charge is 2.47. The summed E-state index contributed by atoms with van der Waals surface area (Å²) < 4.78 is 42.5. The Morgan fingerprint density at radius 1 is 1.03 bits per heavy atom. The summed E-state index contributed by atoms with van der Waals surface area (Å²) in [6.45, 7) is 0.501. The normalized spacial score (nSPS) is 18.6. The number of fused-ring (bicyclic) bond motifs is 3. The van der Waals surface area contributed by atoms with E-state index in [0.29, 0.717) is 10.7 Å². The Labute approximate surface area is 197 Å². The second-order valence-corrected chi connectivity index (χ2v) is 9.24. The van der Waals surface area contributed by atoms with Gasteiger partial charge in [0.2, 0.25) is 5.43 Å². The molecule has 0 fully saturated rings. The minimum atomic E-state index is -4.69. The summed E-state index contributed by atoms with van der Waals surface area (Å²) in [5.41, 5.74) is 1.42. The Hall–Kier alpha value is -3.40. The summed E-state index contributed by atoms with van der Waals surface area (Å²) in [6.07, 6.45) is -3.36. The number of aromatic hydroxyl groups is 1. The van der Waals surface area contributed by atoms with E-state index in [4.69, 9.17) is 0 Å². The Morgan fingerprint density at radius 2 is 1.71 bits per heavy atom. The number of pyridine rings is 1. The zero-order chi connectivity index (χ0) is 24.2. The first-order chi connectivity index (χ1) is 16.2. The van der Waals surface area contributed by atoms with Crippen LogP contribution in [0.15, 0.2) is 70.5 Å². The van der Waals surface area contributed by atoms with Crippen molar-refractivity contribution in [2.24, 2.45) is 0 Å². The molecule has 3 heterocycles. The highest BCUT2D eigenvalue weighted by Crippen LogP contribution is 2.43. The van der Waals surface area contributed by atoms with Gasteiger partial charge in [-0.25, -0.2) is 0 Å². The number of hydrogen-bond acceptors (Lipinski definition) is 5. The Bertz CT molecular complexity index is 1290. The van der Waals surface area contributed by atoms with Crippen molar-refractivity contribution < 1.29 is 23.1 Å². The summed E-state index contributed by atoms with van der Waals surface area (Å²) in [4.78, 5) is 26.9. The van der Waals surface area contributed by atoms with Crippen molar-refractivity contribution >= 4 is 17.7 Å². The van der Waals surface area contributed by atoms with Crippen molar-refractivity contribution in [2.45, 2.75) is 35.8 Å². The van der Waals surface area contributed by atoms with Crippen LogP contribution in [0.25, 0.3) is 0 Å². The van der Waals surface area contributed by atoms with Crippen molar-refractivity contribution in [3.05, 3.63) is 93.4 Å². The molecule has 0 aliphatic carbocycles. The molecule has 2 aromatic carbocycles. The number of nitrogens with zero attached hydrogens (tertiary/aromatic N) is 3. The van der Waals surface area contributed by atoms with E-state index in [1.54, 1.807) is 16.8 Å². The molecule has 1 N–H and O–H groups in total. The van der Waals surface area contributed by atoms with Gasteiger partial charge in [-0.3, -0.25) is 19.3 Å². The molecule has 5 rings (SSSR count). The van der Waals surface area contributed by atoms with Crippen molar-refractivity contribution in [2.75, 3.05) is 11.7 Å². The lowest BCUT2D eigenvalue weighted by molar-refractivity contribution is -0.173. The maximum absolute atomic E-state index is 13.7. The van der Waals surface area contributed by atoms with E-state index in [1.165, 1.54) is 10.9 Å². The first-order valence-corrected chi connectivity index (χ1v) is 11.6. The highest BCUT2D eigenvalue weighted by atomic mass is 32.2. The van der Waals surface area contributed by atoms with Gasteiger partial charge in [-0.2, -0.15) is 13.2 Å². The summed E-state index contributed by atoms with van der Waals surface area (Å²) in [5.74, 6) is -1.26. The number of hydrogen-bond donors (Lipinski definition) is 1. The van der Waals surface area contributed by atoms with Gasteiger partial charge in [-0.05, 0) is 29.7 Å². The number of carbonyl (C=O) groups is 1. The molecule has 2 aliphatic rings. The molecule has 6 nitrogen and oxygen atoms in total. The van der Waals surface area contributed by atoms with Gasteiger partial charge in [-0.15, -0.1) is 11.8 Å². The van der Waals surface area contributed by atoms with Crippen LogP contribution in [0, 0.1) is 0 Å². The lowest BCUT2D eigenvalue weighted by atomic mass is 9.94. The molecule has 0 saturated carbocycles. The molecule has 0 bridgehead atoms. The van der Waals surface area contributed by atoms with Crippen LogP contribution < -0.4 is 10.4 Å². The van der Waals surface area contributed by atoms with Crippen molar-refractivity contribution in [1.29, 1.82) is 0 Å². The van der Waals surface area contributed by atoms with E-state index >= 15 is 0 Å². The summed E-state index contributed by atoms with van der Waals surface area (Å²) >= 11 is 1.62. The van der Waals surface area contributed by atoms with E-state index in [2.05, 4.69) is 0 Å². The maximum atomic E-state index is 13.7. The lowest BCUT2D eigenvalue weighted by Crippen LogP contribution is -2.60. The first kappa shape index (κ1) is 22.4. The molecule has 2 aliphatic heterocycles. The molecular weight excluding hydrogens is 467 g/mol. The van der Waals surface area contributed by atoms with Crippen LogP contribution in [0.5, 0.6) is 5.75 Å². The maximum Gasteiger partial charge on any atom is 0.408 e. The average Bonchev–Trinajstić information content (AvgIpc) is 2.97. The zero-order valence-electron chi connectivity index (χ0n) is 18.0. The van der Waals surface area contributed by atoms with Crippen molar-refractivity contribution in [3.63, 3.8) is 0 Å². The summed E-state index contributed by atoms with van der Waals surface area (Å²) in [7, 11) is 0. The molecule has 10 heteroatoms. The Morgan fingerprint density at radius 3 is 2.44 bits per heavy atom. The monoisotopic (exact) mass is 487 g/mol. The summed E-state index contributed by atoms with van der Waals surface area (Å²) in [6, 6.07) is 13.7. The smallest absolute Gasteiger partial charge is 0.408 e. The van der Waals surface area contributed by atoms with Crippen LogP contribution in [-0.4, -0.2) is 39.5 Å². The zero-order valence-corrected chi connectivity index (χ0v) is 18.8. The molecule has 176 valence electrons. The van der Waals surface area contributed by atoms with Crippen molar-refractivity contribution in [3.8, 4) is 5.75 Å². The molecule has 0 radical (unpaired) electrons. The van der Waals surface area contributed by atoms with Crippen LogP contribution >= 0.6 is 11.8 Å². The SMILES string of the molecule is C[C@@H](N1CN(C2c3ccccc3CSc3ccccc32)n2ccc(=O)c(O)c2C1=O)C(F)(F)F. The lowest BCUT2D eigenvalue weighted by Gasteiger charge is -2.46. The number of carbonyl (C=O) groups excluding carboxylic acids is 1. The number of alkyl halides is 3. The third-order valence-corrected chi connectivity index (χ3v) is 7.42. The number of benzene rings is 2. The molecule has 1 unspecified atom stereocenters. The number of thioether (sulfide) groups is 1. The fourth-order valence-electron chi connectivity index (χ4n) is 4.45. The average molecular weight is 488 g/mol. The van der Waals surface area contributed by atoms with Gasteiger partial charge in [0, 0.05) is 22.9 Å². The van der Waals surface area contributed by atoms with Gasteiger partial charge < -0.3 is 10.0 Å². The molecule has 0 spiro atoms. The first-order valence-electron chi connectivity index (χ1n) is 10.6. The Kier molecular flexibility index (Phi) is 5.35. The quantitative estimate of drug-likeness (QED) is 0.586. The summed E-state index contributed by atoms with van der Waals surface area (Å²) in [5, 5.41) is 12.1. The minimum absolute atomic E-state index is 0.396. The van der Waals surface area contributed by atoms with Crippen molar-refractivity contribution in [1.82, 2.24) is 9.58 Å². The fourth-order valence-corrected chi connectivity index (χ4v) is 5.55. The molecular formula is C24H20F3N3O3S. The van der Waals surface area contributed by atoms with Gasteiger partial charge in [0.25, 0.3) is 5.91 Å². The molecule has 1 aromatic heterocycles. The number of rotatable bonds is 2. The minimum Gasteiger partial charge on any atom is -0.502 e. The van der Waals surface area contributed by atoms with Gasteiger partial charge in [0.05, 0.1) is 6.04 Å². The van der Waals surface area contributed by atoms with Gasteiger partial charge >= 0.3 is 6.18 Å². The number of amides is 1. The predicted octanol–water partition coefficient (Wildman–Crippen LogP) is 4.25. The topological polar surface area (TPSA) is 65.8 Å². The van der Waals surface area contributed by atoms with E-state index in [9.17, 15) is 27.9 Å². The second kappa shape index (κ2) is 8.12. The van der Waals surface area contributed by atoms with Crippen LogP contribution in [0.3, 0.4) is 0 Å². The fraction of sp³-hybridized carbons (Fsp3) is 0.250. The molecule has 0 saturated heterocycles. The third-order valence-electron chi connectivity index (χ3n) is 6.28. The highest BCUT2D eigenvalue weighted by molar-refractivity contribution is 7.98. The predicted molar refractivity (Wildman–Crippen MR) is 121 cm³/mol. The molecule has 1 amide bonds. The van der Waals surface area contributed by atoms with E-state index in [0.717, 1.165) is 34.6 Å². The van der Waals surface area contributed by atoms with Gasteiger partial charge in [0.15, 0.2) is 11.4 Å². The van der Waals surface area contributed by atoms with Gasteiger partial charge in [-0.1, -0.05) is 42.5 Å². The molecule has 34 heavy (non-hydrogen) atoms. The van der Waals surface area contributed by atoms with Gasteiger partial charge in [0.1, 0.15) is 12.7 Å². The number of halogens is 3. The molecule has 3 aromatic rings. The standard InChI is InChI=1S/C24H20F3N3O3S/c1-14(24(25,26)27)28-13-30(29-11-10-18(31)22(32)21(29)23(28)33)20-16-7-3-2-6-15(16)12-34-19-9-5-4-8-17(19)20/h2-11,14,20,32H,12-13H2,1H3/t14-,20?/m1/s1. The number of aromatic nitrogens is 1. The largest absolute Gasteiger partial charge is 0.502 e. The second-order valence-electron chi connectivity index (χ2n) is 8.22. The third kappa shape index (κ3) is 3.53. The van der Waals surface area contributed by atoms with E-state index in [-0.39, 0.29) is 0 Å². The van der Waals surface area contributed by atoms with Crippen LogP contribution in [-0.2, 0) is 5.75 Å². The molecule has 2 atom stereocenters. The Balaban J connectivity index is 1.77. The van der Waals surface area contributed by atoms with Crippen LogP contribution in [0.4, 0.5) is 13.2 Å². The van der Waals surface area contributed by atoms with E-state index < -0.39 is 47.7 Å². The van der Waals surface area contributed by atoms with Crippen LogP contribution in [0.2, 0.25) is 0 Å².